The average Bonchev–Trinajstić information content (AvgIpc) is 2.70. The number of thioether (sulfide) groups is 1. The Balaban J connectivity index is 1.77. The Morgan fingerprint density at radius 2 is 2.03 bits per heavy atom. The van der Waals surface area contributed by atoms with Gasteiger partial charge in [-0.1, -0.05) is 29.4 Å². The molecule has 1 heterocycles. The van der Waals surface area contributed by atoms with Crippen molar-refractivity contribution in [2.75, 3.05) is 19.5 Å². The number of carbonyl (C=O) groups excluding carboxylic acids is 2. The summed E-state index contributed by atoms with van der Waals surface area (Å²) in [5.74, 6) is 0.545. The third kappa shape index (κ3) is 5.21. The van der Waals surface area contributed by atoms with E-state index in [1.807, 2.05) is 13.0 Å². The molecule has 1 aliphatic heterocycles. The predicted octanol–water partition coefficient (Wildman–Crippen LogP) is 3.91. The summed E-state index contributed by atoms with van der Waals surface area (Å²) < 4.78 is 10.5. The van der Waals surface area contributed by atoms with Crippen LogP contribution in [0.3, 0.4) is 0 Å². The number of ether oxygens (including phenoxy) is 2. The number of anilines is 1. The maximum atomic E-state index is 12.7. The van der Waals surface area contributed by atoms with E-state index >= 15 is 0 Å². The molecular formula is C20H20ClN3O4S. The molecule has 2 N–H and O–H groups in total. The van der Waals surface area contributed by atoms with Gasteiger partial charge in [0.2, 0.25) is 11.8 Å². The van der Waals surface area contributed by atoms with Gasteiger partial charge in [0.25, 0.3) is 0 Å². The zero-order valence-corrected chi connectivity index (χ0v) is 17.7. The van der Waals surface area contributed by atoms with Crippen molar-refractivity contribution in [3.63, 3.8) is 0 Å². The van der Waals surface area contributed by atoms with Crippen LogP contribution in [0.2, 0.25) is 5.02 Å². The van der Waals surface area contributed by atoms with Crippen LogP contribution in [0.15, 0.2) is 41.4 Å². The number of methoxy groups -OCH3 is 2. The Morgan fingerprint density at radius 1 is 1.24 bits per heavy atom. The van der Waals surface area contributed by atoms with E-state index in [0.29, 0.717) is 33.1 Å². The first kappa shape index (κ1) is 21.0. The SMILES string of the molecule is COc1ccc(N=C2NC(=O)C[C@@H](C(=O)Nc3ccc(C)c(Cl)c3)S2)c(OC)c1. The molecule has 2 aromatic rings. The van der Waals surface area contributed by atoms with Crippen molar-refractivity contribution in [1.82, 2.24) is 5.32 Å². The molecule has 1 saturated heterocycles. The molecule has 0 saturated carbocycles. The normalized spacial score (nSPS) is 17.6. The van der Waals surface area contributed by atoms with Gasteiger partial charge in [-0.25, -0.2) is 4.99 Å². The minimum Gasteiger partial charge on any atom is -0.497 e. The minimum absolute atomic E-state index is 0.0505. The van der Waals surface area contributed by atoms with Crippen molar-refractivity contribution in [2.45, 2.75) is 18.6 Å². The average molecular weight is 434 g/mol. The van der Waals surface area contributed by atoms with Crippen LogP contribution < -0.4 is 20.1 Å². The van der Waals surface area contributed by atoms with Crippen LogP contribution in [0.4, 0.5) is 11.4 Å². The maximum Gasteiger partial charge on any atom is 0.238 e. The van der Waals surface area contributed by atoms with E-state index in [9.17, 15) is 9.59 Å². The standard InChI is InChI=1S/C20H20ClN3O4S/c1-11-4-5-12(8-14(11)21)22-19(26)17-10-18(25)24-20(29-17)23-15-7-6-13(27-2)9-16(15)28-3/h4-9,17H,10H2,1-3H3,(H,22,26)(H,23,24,25)/t17-/m0/s1. The third-order valence-corrected chi connectivity index (χ3v) is 5.70. The number of amidine groups is 1. The summed E-state index contributed by atoms with van der Waals surface area (Å²) in [6.07, 6.45) is 0.0505. The summed E-state index contributed by atoms with van der Waals surface area (Å²) in [5, 5.41) is 5.77. The van der Waals surface area contributed by atoms with Crippen molar-refractivity contribution in [3.05, 3.63) is 47.0 Å². The van der Waals surface area contributed by atoms with Gasteiger partial charge in [-0.15, -0.1) is 0 Å². The van der Waals surface area contributed by atoms with E-state index < -0.39 is 5.25 Å². The number of halogens is 1. The van der Waals surface area contributed by atoms with Crippen molar-refractivity contribution in [3.8, 4) is 11.5 Å². The summed E-state index contributed by atoms with van der Waals surface area (Å²) >= 11 is 7.29. The Bertz CT molecular complexity index is 980. The molecule has 0 aliphatic carbocycles. The van der Waals surface area contributed by atoms with E-state index in [-0.39, 0.29) is 18.2 Å². The first-order chi connectivity index (χ1) is 13.9. The number of rotatable bonds is 5. The number of aryl methyl sites for hydroxylation is 1. The summed E-state index contributed by atoms with van der Waals surface area (Å²) in [6.45, 7) is 1.88. The lowest BCUT2D eigenvalue weighted by Gasteiger charge is -2.22. The van der Waals surface area contributed by atoms with Gasteiger partial charge in [-0.3, -0.25) is 9.59 Å². The van der Waals surface area contributed by atoms with Crippen LogP contribution in [0.5, 0.6) is 11.5 Å². The van der Waals surface area contributed by atoms with E-state index in [1.165, 1.54) is 18.9 Å². The number of amides is 2. The molecule has 0 radical (unpaired) electrons. The Kier molecular flexibility index (Phi) is 6.66. The van der Waals surface area contributed by atoms with Crippen molar-refractivity contribution in [1.29, 1.82) is 0 Å². The fourth-order valence-electron chi connectivity index (χ4n) is 2.63. The van der Waals surface area contributed by atoms with E-state index in [2.05, 4.69) is 15.6 Å². The Hall–Kier alpha value is -2.71. The molecule has 7 nitrogen and oxygen atoms in total. The van der Waals surface area contributed by atoms with Gasteiger partial charge >= 0.3 is 0 Å². The minimum atomic E-state index is -0.619. The molecule has 9 heteroatoms. The fourth-order valence-corrected chi connectivity index (χ4v) is 3.80. The number of carbonyl (C=O) groups is 2. The van der Waals surface area contributed by atoms with Crippen LogP contribution in [-0.2, 0) is 9.59 Å². The summed E-state index contributed by atoms with van der Waals surface area (Å²) in [6, 6.07) is 10.4. The number of hydrogen-bond donors (Lipinski definition) is 2. The van der Waals surface area contributed by atoms with Crippen molar-refractivity contribution >= 4 is 51.7 Å². The van der Waals surface area contributed by atoms with Crippen LogP contribution in [-0.4, -0.2) is 36.5 Å². The molecule has 3 rings (SSSR count). The smallest absolute Gasteiger partial charge is 0.238 e. The monoisotopic (exact) mass is 433 g/mol. The number of nitrogens with one attached hydrogen (secondary N) is 2. The fraction of sp³-hybridized carbons (Fsp3) is 0.250. The zero-order valence-electron chi connectivity index (χ0n) is 16.1. The molecular weight excluding hydrogens is 414 g/mol. The first-order valence-corrected chi connectivity index (χ1v) is 9.99. The summed E-state index contributed by atoms with van der Waals surface area (Å²) in [5.41, 5.74) is 2.01. The lowest BCUT2D eigenvalue weighted by molar-refractivity contribution is -0.123. The number of nitrogens with zero attached hydrogens (tertiary/aromatic N) is 1. The second-order valence-electron chi connectivity index (χ2n) is 6.27. The summed E-state index contributed by atoms with van der Waals surface area (Å²) in [4.78, 5) is 29.2. The number of aliphatic imine (C=N–C) groups is 1. The van der Waals surface area contributed by atoms with E-state index in [0.717, 1.165) is 5.56 Å². The van der Waals surface area contributed by atoms with Gasteiger partial charge in [0.1, 0.15) is 22.4 Å². The second kappa shape index (κ2) is 9.19. The maximum absolute atomic E-state index is 12.7. The largest absolute Gasteiger partial charge is 0.497 e. The lowest BCUT2D eigenvalue weighted by Crippen LogP contribution is -2.41. The van der Waals surface area contributed by atoms with Gasteiger partial charge in [0.05, 0.1) is 14.2 Å². The molecule has 1 aliphatic rings. The molecule has 0 bridgehead atoms. The van der Waals surface area contributed by atoms with Gasteiger partial charge in [-0.05, 0) is 36.8 Å². The molecule has 0 unspecified atom stereocenters. The van der Waals surface area contributed by atoms with E-state index in [4.69, 9.17) is 21.1 Å². The highest BCUT2D eigenvalue weighted by Crippen LogP contribution is 2.33. The third-order valence-electron chi connectivity index (χ3n) is 4.21. The van der Waals surface area contributed by atoms with Crippen molar-refractivity contribution < 1.29 is 19.1 Å². The molecule has 0 aromatic heterocycles. The van der Waals surface area contributed by atoms with Crippen LogP contribution in [0.25, 0.3) is 0 Å². The zero-order chi connectivity index (χ0) is 21.0. The van der Waals surface area contributed by atoms with Gasteiger partial charge in [0, 0.05) is 23.2 Å². The molecule has 29 heavy (non-hydrogen) atoms. The number of hydrogen-bond acceptors (Lipinski definition) is 6. The topological polar surface area (TPSA) is 89.0 Å². The molecule has 1 atom stereocenters. The van der Waals surface area contributed by atoms with Crippen molar-refractivity contribution in [2.24, 2.45) is 4.99 Å². The molecule has 0 spiro atoms. The van der Waals surface area contributed by atoms with Gasteiger partial charge in [-0.2, -0.15) is 0 Å². The highest BCUT2D eigenvalue weighted by molar-refractivity contribution is 8.15. The summed E-state index contributed by atoms with van der Waals surface area (Å²) in [7, 11) is 3.08. The molecule has 152 valence electrons. The Morgan fingerprint density at radius 3 is 2.72 bits per heavy atom. The van der Waals surface area contributed by atoms with E-state index in [1.54, 1.807) is 37.4 Å². The first-order valence-electron chi connectivity index (χ1n) is 8.74. The second-order valence-corrected chi connectivity index (χ2v) is 7.87. The van der Waals surface area contributed by atoms with Crippen LogP contribution in [0.1, 0.15) is 12.0 Å². The molecule has 1 fully saturated rings. The van der Waals surface area contributed by atoms with Gasteiger partial charge in [0.15, 0.2) is 5.17 Å². The number of benzene rings is 2. The highest BCUT2D eigenvalue weighted by atomic mass is 35.5. The lowest BCUT2D eigenvalue weighted by atomic mass is 10.2. The van der Waals surface area contributed by atoms with Crippen LogP contribution >= 0.6 is 23.4 Å². The Labute approximate surface area is 177 Å². The highest BCUT2D eigenvalue weighted by Gasteiger charge is 2.30. The molecule has 2 amide bonds. The predicted molar refractivity (Wildman–Crippen MR) is 116 cm³/mol. The molecule has 2 aromatic carbocycles. The van der Waals surface area contributed by atoms with Crippen LogP contribution in [0, 0.1) is 6.92 Å². The van der Waals surface area contributed by atoms with Gasteiger partial charge < -0.3 is 20.1 Å². The quantitative estimate of drug-likeness (QED) is 0.746.